The first-order chi connectivity index (χ1) is 10.9. The first-order valence-electron chi connectivity index (χ1n) is 7.60. The molecule has 0 aliphatic heterocycles. The molecule has 0 bridgehead atoms. The molecule has 0 fully saturated rings. The summed E-state index contributed by atoms with van der Waals surface area (Å²) in [7, 11) is 0. The van der Waals surface area contributed by atoms with E-state index in [0.717, 1.165) is 6.42 Å². The largest absolute Gasteiger partial charge is 0.324 e. The Morgan fingerprint density at radius 2 is 1.09 bits per heavy atom. The summed E-state index contributed by atoms with van der Waals surface area (Å²) in [4.78, 5) is 0. The van der Waals surface area contributed by atoms with Crippen molar-refractivity contribution in [1.29, 1.82) is 0 Å². The zero-order chi connectivity index (χ0) is 14.8. The van der Waals surface area contributed by atoms with Crippen molar-refractivity contribution in [2.24, 2.45) is 0 Å². The van der Waals surface area contributed by atoms with Gasteiger partial charge in [-0.2, -0.15) is 0 Å². The van der Waals surface area contributed by atoms with Crippen LogP contribution in [0, 0.1) is 0 Å². The van der Waals surface area contributed by atoms with E-state index in [4.69, 9.17) is 0 Å². The van der Waals surface area contributed by atoms with Crippen LogP contribution in [0.2, 0.25) is 0 Å². The highest BCUT2D eigenvalue weighted by atomic mass is 14.8. The first kappa shape index (κ1) is 12.9. The number of rotatable bonds is 0. The monoisotopic (exact) mass is 283 g/mol. The minimum Gasteiger partial charge on any atom is -0.324 e. The molecule has 5 rings (SSSR count). The lowest BCUT2D eigenvalue weighted by molar-refractivity contribution is 1.20. The van der Waals surface area contributed by atoms with Gasteiger partial charge in [0.25, 0.3) is 0 Å². The second kappa shape index (κ2) is 5.53. The van der Waals surface area contributed by atoms with Gasteiger partial charge in [-0.1, -0.05) is 54.6 Å². The van der Waals surface area contributed by atoms with Gasteiger partial charge >= 0.3 is 0 Å². The molecule has 0 radical (unpaired) electrons. The summed E-state index contributed by atoms with van der Waals surface area (Å²) < 4.78 is 2.08. The van der Waals surface area contributed by atoms with E-state index in [9.17, 15) is 0 Å². The zero-order valence-corrected chi connectivity index (χ0v) is 12.3. The Morgan fingerprint density at radius 3 is 1.77 bits per heavy atom. The Hall–Kier alpha value is -2.80. The average molecular weight is 283 g/mol. The second-order valence-corrected chi connectivity index (χ2v) is 5.53. The fourth-order valence-electron chi connectivity index (χ4n) is 3.06. The van der Waals surface area contributed by atoms with E-state index >= 15 is 0 Å². The van der Waals surface area contributed by atoms with Crippen molar-refractivity contribution in [3.8, 4) is 11.1 Å². The van der Waals surface area contributed by atoms with Crippen molar-refractivity contribution >= 4 is 5.52 Å². The van der Waals surface area contributed by atoms with Gasteiger partial charge in [-0.25, -0.2) is 0 Å². The Kier molecular flexibility index (Phi) is 3.24. The summed E-state index contributed by atoms with van der Waals surface area (Å²) in [5.74, 6) is 0. The summed E-state index contributed by atoms with van der Waals surface area (Å²) in [5.41, 5.74) is 7.00. The molecule has 106 valence electrons. The number of pyridine rings is 1. The predicted octanol–water partition coefficient (Wildman–Crippen LogP) is 5.20. The van der Waals surface area contributed by atoms with Crippen LogP contribution >= 0.6 is 0 Å². The maximum atomic E-state index is 2.22. The summed E-state index contributed by atoms with van der Waals surface area (Å²) in [5, 5.41) is 0. The second-order valence-electron chi connectivity index (χ2n) is 5.53. The van der Waals surface area contributed by atoms with Gasteiger partial charge in [0.2, 0.25) is 0 Å². The third-order valence-electron chi connectivity index (χ3n) is 4.14. The lowest BCUT2D eigenvalue weighted by Gasteiger charge is -1.98. The highest BCUT2D eigenvalue weighted by Crippen LogP contribution is 2.35. The quantitative estimate of drug-likeness (QED) is 0.368. The number of hydrogen-bond acceptors (Lipinski definition) is 0. The molecular formula is C21H17N. The highest BCUT2D eigenvalue weighted by molar-refractivity contribution is 5.76. The molecule has 0 unspecified atom stereocenters. The number of hydrogen-bond donors (Lipinski definition) is 0. The Balaban J connectivity index is 0.000000122. The summed E-state index contributed by atoms with van der Waals surface area (Å²) >= 11 is 0. The minimum absolute atomic E-state index is 1.10. The fourth-order valence-corrected chi connectivity index (χ4v) is 3.06. The molecule has 0 saturated heterocycles. The number of fused-ring (bicyclic) bond motifs is 4. The summed E-state index contributed by atoms with van der Waals surface area (Å²) in [6.07, 6.45) is 5.18. The van der Waals surface area contributed by atoms with Crippen molar-refractivity contribution in [2.45, 2.75) is 6.42 Å². The van der Waals surface area contributed by atoms with Crippen molar-refractivity contribution in [1.82, 2.24) is 4.40 Å². The van der Waals surface area contributed by atoms with Gasteiger partial charge < -0.3 is 4.40 Å². The van der Waals surface area contributed by atoms with Crippen LogP contribution in [0.5, 0.6) is 0 Å². The molecule has 0 spiro atoms. The molecule has 0 saturated carbocycles. The van der Waals surface area contributed by atoms with Crippen molar-refractivity contribution < 1.29 is 0 Å². The summed E-state index contributed by atoms with van der Waals surface area (Å²) in [6, 6.07) is 27.6. The van der Waals surface area contributed by atoms with Gasteiger partial charge in [0.05, 0.1) is 0 Å². The van der Waals surface area contributed by atoms with E-state index < -0.39 is 0 Å². The van der Waals surface area contributed by atoms with Gasteiger partial charge in [0, 0.05) is 17.9 Å². The van der Waals surface area contributed by atoms with Gasteiger partial charge in [0.1, 0.15) is 0 Å². The normalized spacial score (nSPS) is 11.5. The van der Waals surface area contributed by atoms with E-state index in [0.29, 0.717) is 0 Å². The van der Waals surface area contributed by atoms with Gasteiger partial charge in [-0.15, -0.1) is 0 Å². The van der Waals surface area contributed by atoms with Crippen LogP contribution in [0.3, 0.4) is 0 Å². The van der Waals surface area contributed by atoms with Crippen LogP contribution in [0.15, 0.2) is 91.3 Å². The maximum absolute atomic E-state index is 2.22. The van der Waals surface area contributed by atoms with Crippen LogP contribution in [0.4, 0.5) is 0 Å². The van der Waals surface area contributed by atoms with Crippen LogP contribution in [-0.2, 0) is 6.42 Å². The molecule has 2 aromatic heterocycles. The Labute approximate surface area is 130 Å². The van der Waals surface area contributed by atoms with Crippen LogP contribution in [-0.4, -0.2) is 4.40 Å². The predicted molar refractivity (Wildman–Crippen MR) is 92.1 cm³/mol. The maximum Gasteiger partial charge on any atom is 0.0449 e. The molecule has 0 N–H and O–H groups in total. The van der Waals surface area contributed by atoms with Crippen molar-refractivity contribution in [2.75, 3.05) is 0 Å². The minimum atomic E-state index is 1.10. The number of nitrogens with zero attached hydrogens (tertiary/aromatic N) is 1. The molecule has 0 amide bonds. The lowest BCUT2D eigenvalue weighted by atomic mass is 10.1. The van der Waals surface area contributed by atoms with E-state index in [-0.39, 0.29) is 0 Å². The van der Waals surface area contributed by atoms with Crippen LogP contribution in [0.1, 0.15) is 11.1 Å². The highest BCUT2D eigenvalue weighted by Gasteiger charge is 2.15. The molecule has 4 aromatic rings. The fraction of sp³-hybridized carbons (Fsp3) is 0.0476. The van der Waals surface area contributed by atoms with Gasteiger partial charge in [0.15, 0.2) is 0 Å². The first-order valence-corrected chi connectivity index (χ1v) is 7.60. The molecular weight excluding hydrogens is 266 g/mol. The van der Waals surface area contributed by atoms with Crippen molar-refractivity contribution in [3.63, 3.8) is 0 Å². The molecule has 22 heavy (non-hydrogen) atoms. The molecule has 2 heterocycles. The molecule has 1 aliphatic rings. The molecule has 1 nitrogen and oxygen atoms in total. The molecule has 0 atom stereocenters. The number of aromatic nitrogens is 1. The van der Waals surface area contributed by atoms with E-state index in [1.807, 2.05) is 30.6 Å². The van der Waals surface area contributed by atoms with Crippen molar-refractivity contribution in [3.05, 3.63) is 102 Å². The third-order valence-corrected chi connectivity index (χ3v) is 4.14. The molecule has 1 heteroatoms. The summed E-state index contributed by atoms with van der Waals surface area (Å²) in [6.45, 7) is 0. The molecule has 1 aliphatic carbocycles. The van der Waals surface area contributed by atoms with Crippen LogP contribution in [0.25, 0.3) is 16.6 Å². The topological polar surface area (TPSA) is 4.41 Å². The van der Waals surface area contributed by atoms with E-state index in [1.54, 1.807) is 0 Å². The lowest BCUT2D eigenvalue weighted by Crippen LogP contribution is -1.77. The molecule has 2 aromatic carbocycles. The number of benzene rings is 2. The van der Waals surface area contributed by atoms with E-state index in [1.165, 1.54) is 27.8 Å². The van der Waals surface area contributed by atoms with Gasteiger partial charge in [-0.05, 0) is 52.9 Å². The Morgan fingerprint density at radius 1 is 0.545 bits per heavy atom. The standard InChI is InChI=1S/C13H10.C8H7N/c1-3-7-12-10(5-1)9-11-6-2-4-8-13(11)12;1-2-6-9-7-3-5-8(9)4-1/h1-8H,9H2;1-7H. The zero-order valence-electron chi connectivity index (χ0n) is 12.3. The van der Waals surface area contributed by atoms with Gasteiger partial charge in [-0.3, -0.25) is 0 Å². The average Bonchev–Trinajstić information content (AvgIpc) is 3.19. The van der Waals surface area contributed by atoms with E-state index in [2.05, 4.69) is 65.1 Å². The van der Waals surface area contributed by atoms with Crippen LogP contribution < -0.4 is 0 Å². The third kappa shape index (κ3) is 2.31. The SMILES string of the molecule is c1ccc2c(c1)Cc1ccccc1-2.c1ccn2cccc2c1. The Bertz CT molecular complexity index is 844. The smallest absolute Gasteiger partial charge is 0.0449 e.